The number of carbonyl (C=O) groups is 1. The zero-order chi connectivity index (χ0) is 30.2. The van der Waals surface area contributed by atoms with E-state index < -0.39 is 17.7 Å². The van der Waals surface area contributed by atoms with E-state index in [9.17, 15) is 14.4 Å². The molecule has 0 aliphatic carbocycles. The fourth-order valence-electron chi connectivity index (χ4n) is 6.37. The van der Waals surface area contributed by atoms with Gasteiger partial charge >= 0.3 is 0 Å². The average molecular weight is 606 g/mol. The molecule has 43 heavy (non-hydrogen) atoms. The topological polar surface area (TPSA) is 137 Å². The number of rotatable bonds is 5. The van der Waals surface area contributed by atoms with Crippen LogP contribution < -0.4 is 16.0 Å². The summed E-state index contributed by atoms with van der Waals surface area (Å²) in [5.74, 6) is -0.680. The quantitative estimate of drug-likeness (QED) is 0.348. The number of anilines is 3. The largest absolute Gasteiger partial charge is 0.389 e. The minimum atomic E-state index is -0.682. The summed E-state index contributed by atoms with van der Waals surface area (Å²) in [6.07, 6.45) is 2.49. The third-order valence-electron chi connectivity index (χ3n) is 8.75. The van der Waals surface area contributed by atoms with Gasteiger partial charge in [-0.3, -0.25) is 9.78 Å². The molecule has 222 valence electrons. The smallest absolute Gasteiger partial charge is 0.244 e. The number of nitrogens with one attached hydrogen (secondary N) is 1. The number of halogens is 2. The number of ether oxygens (including phenoxy) is 1. The summed E-state index contributed by atoms with van der Waals surface area (Å²) >= 11 is 0.928. The van der Waals surface area contributed by atoms with Crippen LogP contribution in [0, 0.1) is 23.0 Å². The summed E-state index contributed by atoms with van der Waals surface area (Å²) in [7, 11) is 5.78. The number of fused-ring (bicyclic) bond motifs is 4. The number of hydrogen-bond donors (Lipinski definition) is 2. The van der Waals surface area contributed by atoms with Crippen molar-refractivity contribution in [3.05, 3.63) is 34.5 Å². The molecule has 2 unspecified atom stereocenters. The number of hydrogen-bond acceptors (Lipinski definition) is 11. The van der Waals surface area contributed by atoms with Gasteiger partial charge in [-0.25, -0.2) is 13.8 Å². The molecule has 3 aromatic heterocycles. The van der Waals surface area contributed by atoms with Crippen LogP contribution in [0.15, 0.2) is 6.20 Å². The SMILES string of the molecule is CN1CCC(Nc2nc(N3CCC(N(C)C)C3)nc3c(F)c(-c4ncc(F)c5sc(N)c(C#N)c45)c4c(c23)COC4)C1=O. The highest BCUT2D eigenvalue weighted by atomic mass is 32.1. The summed E-state index contributed by atoms with van der Waals surface area (Å²) in [4.78, 5) is 32.7. The van der Waals surface area contributed by atoms with Crippen molar-refractivity contribution >= 4 is 55.0 Å². The summed E-state index contributed by atoms with van der Waals surface area (Å²) < 4.78 is 37.9. The number of likely N-dealkylation sites (tertiary alicyclic amines) is 1. The van der Waals surface area contributed by atoms with Crippen molar-refractivity contribution in [2.24, 2.45) is 0 Å². The van der Waals surface area contributed by atoms with Crippen LogP contribution in [0.2, 0.25) is 0 Å². The van der Waals surface area contributed by atoms with Gasteiger partial charge in [0, 0.05) is 43.7 Å². The van der Waals surface area contributed by atoms with E-state index in [1.807, 2.05) is 25.1 Å². The van der Waals surface area contributed by atoms with E-state index in [2.05, 4.69) is 15.2 Å². The third kappa shape index (κ3) is 4.25. The van der Waals surface area contributed by atoms with Gasteiger partial charge in [0.15, 0.2) is 11.6 Å². The lowest BCUT2D eigenvalue weighted by molar-refractivity contribution is -0.127. The average Bonchev–Trinajstić information content (AvgIpc) is 3.78. The highest BCUT2D eigenvalue weighted by molar-refractivity contribution is 7.23. The van der Waals surface area contributed by atoms with Crippen LogP contribution in [-0.2, 0) is 22.7 Å². The summed E-state index contributed by atoms with van der Waals surface area (Å²) in [6.45, 7) is 2.16. The molecule has 3 aliphatic heterocycles. The van der Waals surface area contributed by atoms with E-state index in [1.54, 1.807) is 11.9 Å². The molecule has 2 saturated heterocycles. The zero-order valence-electron chi connectivity index (χ0n) is 23.9. The highest BCUT2D eigenvalue weighted by Crippen LogP contribution is 2.46. The second-order valence-corrected chi connectivity index (χ2v) is 12.5. The molecule has 7 rings (SSSR count). The number of nitrogens with zero attached hydrogens (tertiary/aromatic N) is 7. The summed E-state index contributed by atoms with van der Waals surface area (Å²) in [5, 5.41) is 13.9. The lowest BCUT2D eigenvalue weighted by Crippen LogP contribution is -2.33. The van der Waals surface area contributed by atoms with Crippen molar-refractivity contribution in [1.82, 2.24) is 24.8 Å². The van der Waals surface area contributed by atoms with Crippen LogP contribution in [0.25, 0.3) is 32.2 Å². The predicted octanol–water partition coefficient (Wildman–Crippen LogP) is 3.45. The number of likely N-dealkylation sites (N-methyl/N-ethyl adjacent to an activating group) is 2. The molecule has 1 aromatic carbocycles. The predicted molar refractivity (Wildman–Crippen MR) is 160 cm³/mol. The molecule has 3 N–H and O–H groups in total. The van der Waals surface area contributed by atoms with Gasteiger partial charge in [0.2, 0.25) is 11.9 Å². The molecule has 0 spiro atoms. The first-order valence-electron chi connectivity index (χ1n) is 14.0. The van der Waals surface area contributed by atoms with E-state index in [0.29, 0.717) is 54.3 Å². The van der Waals surface area contributed by atoms with Crippen LogP contribution in [0.5, 0.6) is 0 Å². The number of nitriles is 1. The van der Waals surface area contributed by atoms with E-state index in [-0.39, 0.29) is 62.6 Å². The molecule has 14 heteroatoms. The maximum Gasteiger partial charge on any atom is 0.244 e. The Hall–Kier alpha value is -4.19. The van der Waals surface area contributed by atoms with Gasteiger partial charge in [-0.2, -0.15) is 10.2 Å². The van der Waals surface area contributed by atoms with E-state index in [4.69, 9.17) is 20.4 Å². The second-order valence-electron chi connectivity index (χ2n) is 11.4. The van der Waals surface area contributed by atoms with Gasteiger partial charge in [-0.15, -0.1) is 11.3 Å². The van der Waals surface area contributed by atoms with Crippen molar-refractivity contribution in [1.29, 1.82) is 5.26 Å². The normalized spacial score (nSPS) is 20.2. The van der Waals surface area contributed by atoms with Gasteiger partial charge < -0.3 is 30.5 Å². The van der Waals surface area contributed by atoms with Crippen LogP contribution in [0.1, 0.15) is 29.5 Å². The number of nitrogen functional groups attached to an aromatic ring is 1. The Balaban J connectivity index is 1.50. The van der Waals surface area contributed by atoms with Crippen LogP contribution in [-0.4, -0.2) is 83.5 Å². The number of nitrogens with two attached hydrogens (primary N) is 1. The first-order valence-corrected chi connectivity index (χ1v) is 14.8. The van der Waals surface area contributed by atoms with E-state index in [0.717, 1.165) is 24.0 Å². The number of amides is 1. The molecule has 0 radical (unpaired) electrons. The monoisotopic (exact) mass is 605 g/mol. The van der Waals surface area contributed by atoms with Gasteiger partial charge in [0.05, 0.1) is 40.8 Å². The molecule has 0 saturated carbocycles. The van der Waals surface area contributed by atoms with Crippen molar-refractivity contribution < 1.29 is 18.3 Å². The maximum atomic E-state index is 17.1. The fourth-order valence-corrected chi connectivity index (χ4v) is 7.29. The fraction of sp³-hybridized carbons (Fsp3) is 0.414. The molecule has 2 fully saturated rings. The standard InChI is InChI=1S/C29H29F2N9O2S/c1-38(2)13-4-7-40(10-13)29-36-24-21(27(37-29)35-18-5-6-39(3)28(18)41)16-12-42-11-15(16)19(22(24)31)23-20-14(8-32)26(33)43-25(20)17(30)9-34-23/h9,13,18H,4-7,10-12,33H2,1-3H3,(H,35,36,37). The minimum Gasteiger partial charge on any atom is -0.389 e. The van der Waals surface area contributed by atoms with Crippen LogP contribution in [0.3, 0.4) is 0 Å². The van der Waals surface area contributed by atoms with Gasteiger partial charge in [0.25, 0.3) is 0 Å². The summed E-state index contributed by atoms with van der Waals surface area (Å²) in [6, 6.07) is 1.80. The Morgan fingerprint density at radius 2 is 1.98 bits per heavy atom. The van der Waals surface area contributed by atoms with Crippen molar-refractivity contribution in [3.63, 3.8) is 0 Å². The Kier molecular flexibility index (Phi) is 6.57. The molecule has 4 aromatic rings. The highest BCUT2D eigenvalue weighted by Gasteiger charge is 2.35. The molecule has 0 bridgehead atoms. The Morgan fingerprint density at radius 3 is 2.67 bits per heavy atom. The number of pyridine rings is 1. The van der Waals surface area contributed by atoms with Gasteiger partial charge in [0.1, 0.15) is 28.4 Å². The lowest BCUT2D eigenvalue weighted by Gasteiger charge is -2.23. The molecule has 2 atom stereocenters. The number of thiophene rings is 1. The van der Waals surface area contributed by atoms with Crippen molar-refractivity contribution in [3.8, 4) is 17.3 Å². The first-order chi connectivity index (χ1) is 20.7. The zero-order valence-corrected chi connectivity index (χ0v) is 24.7. The van der Waals surface area contributed by atoms with Crippen molar-refractivity contribution in [2.45, 2.75) is 38.1 Å². The third-order valence-corrected chi connectivity index (χ3v) is 9.77. The molecule has 3 aliphatic rings. The van der Waals surface area contributed by atoms with Crippen LogP contribution in [0.4, 0.5) is 25.5 Å². The van der Waals surface area contributed by atoms with E-state index >= 15 is 4.39 Å². The number of aromatic nitrogens is 3. The number of benzene rings is 1. The second kappa shape index (κ2) is 10.2. The molecule has 1 amide bonds. The molecular formula is C29H29F2N9O2S. The van der Waals surface area contributed by atoms with Gasteiger partial charge in [-0.1, -0.05) is 0 Å². The van der Waals surface area contributed by atoms with Gasteiger partial charge in [-0.05, 0) is 38.1 Å². The Bertz CT molecular complexity index is 1870. The Morgan fingerprint density at radius 1 is 1.19 bits per heavy atom. The summed E-state index contributed by atoms with van der Waals surface area (Å²) in [5.41, 5.74) is 7.55. The van der Waals surface area contributed by atoms with Crippen LogP contribution >= 0.6 is 11.3 Å². The molecule has 6 heterocycles. The first kappa shape index (κ1) is 27.6. The minimum absolute atomic E-state index is 0.0415. The van der Waals surface area contributed by atoms with E-state index in [1.165, 1.54) is 0 Å². The maximum absolute atomic E-state index is 17.1. The molecule has 11 nitrogen and oxygen atoms in total. The van der Waals surface area contributed by atoms with Crippen molar-refractivity contribution in [2.75, 3.05) is 56.7 Å². The number of carbonyl (C=O) groups excluding carboxylic acids is 1. The molecular weight excluding hydrogens is 576 g/mol. The Labute approximate surface area is 249 Å². The lowest BCUT2D eigenvalue weighted by atomic mass is 9.93.